The van der Waals surface area contributed by atoms with E-state index in [9.17, 15) is 0 Å². The number of hydrogen-bond acceptors (Lipinski definition) is 2. The van der Waals surface area contributed by atoms with Crippen molar-refractivity contribution in [2.45, 2.75) is 0 Å². The fourth-order valence-corrected chi connectivity index (χ4v) is 9.51. The quantitative estimate of drug-likeness (QED) is 0.318. The molecule has 0 spiro atoms. The molecule has 0 aromatic heterocycles. The molecule has 0 saturated carbocycles. The van der Waals surface area contributed by atoms with Crippen molar-refractivity contribution in [2.24, 2.45) is 0 Å². The molecule has 0 saturated heterocycles. The van der Waals surface area contributed by atoms with Crippen LogP contribution in [0.5, 0.6) is 11.5 Å². The maximum absolute atomic E-state index is 5.76. The monoisotopic (exact) mass is 458 g/mol. The largest absolute Gasteiger partial charge is 0.496 e. The average molecular weight is 458 g/mol. The van der Waals surface area contributed by atoms with Crippen LogP contribution in [0.1, 0.15) is 0 Å². The van der Waals surface area contributed by atoms with Gasteiger partial charge in [-0.2, -0.15) is 0 Å². The van der Waals surface area contributed by atoms with Crippen molar-refractivity contribution in [2.75, 3.05) is 26.5 Å². The first-order chi connectivity index (χ1) is 15.8. The Morgan fingerprint density at radius 3 is 1.19 bits per heavy atom. The fraction of sp³-hybridized carbons (Fsp3) is 0.143. The molecule has 2 nitrogen and oxygen atoms in total. The lowest BCUT2D eigenvalue weighted by molar-refractivity contribution is 0.418. The molecule has 0 aliphatic heterocycles. The minimum atomic E-state index is -0.554. The zero-order chi connectivity index (χ0) is 22.2. The SMILES string of the molecule is COc1ccccc1[P@](CC[P@](c1ccccc1)c1ccccc1OC)c1ccccc1. The summed E-state index contributed by atoms with van der Waals surface area (Å²) < 4.78 is 11.5. The Morgan fingerprint density at radius 1 is 0.469 bits per heavy atom. The van der Waals surface area contributed by atoms with E-state index in [0.717, 1.165) is 23.8 Å². The Bertz CT molecular complexity index is 1030. The molecular weight excluding hydrogens is 430 g/mol. The number of ether oxygens (including phenoxy) is 2. The van der Waals surface area contributed by atoms with E-state index in [1.54, 1.807) is 14.2 Å². The molecule has 32 heavy (non-hydrogen) atoms. The summed E-state index contributed by atoms with van der Waals surface area (Å²) >= 11 is 0. The third-order valence-corrected chi connectivity index (χ3v) is 10.9. The number of benzene rings is 4. The van der Waals surface area contributed by atoms with Gasteiger partial charge >= 0.3 is 0 Å². The van der Waals surface area contributed by atoms with Gasteiger partial charge in [0.25, 0.3) is 0 Å². The molecule has 0 unspecified atom stereocenters. The van der Waals surface area contributed by atoms with E-state index in [2.05, 4.69) is 97.1 Å². The molecule has 2 atom stereocenters. The van der Waals surface area contributed by atoms with E-state index in [1.807, 2.05) is 12.1 Å². The van der Waals surface area contributed by atoms with Crippen LogP contribution in [-0.4, -0.2) is 26.5 Å². The molecule has 4 rings (SSSR count). The van der Waals surface area contributed by atoms with Gasteiger partial charge in [-0.05, 0) is 50.9 Å². The van der Waals surface area contributed by atoms with Crippen LogP contribution >= 0.6 is 15.8 Å². The van der Waals surface area contributed by atoms with Crippen molar-refractivity contribution in [1.82, 2.24) is 0 Å². The average Bonchev–Trinajstić information content (AvgIpc) is 2.88. The van der Waals surface area contributed by atoms with Crippen molar-refractivity contribution in [3.05, 3.63) is 109 Å². The van der Waals surface area contributed by atoms with E-state index >= 15 is 0 Å². The highest BCUT2D eigenvalue weighted by atomic mass is 31.1. The zero-order valence-electron chi connectivity index (χ0n) is 18.5. The first-order valence-corrected chi connectivity index (χ1v) is 13.8. The van der Waals surface area contributed by atoms with Crippen molar-refractivity contribution >= 4 is 37.1 Å². The Hall–Kier alpha value is -2.66. The molecule has 0 amide bonds. The van der Waals surface area contributed by atoms with Crippen molar-refractivity contribution in [3.63, 3.8) is 0 Å². The highest BCUT2D eigenvalue weighted by Crippen LogP contribution is 2.44. The Balaban J connectivity index is 1.72. The third kappa shape index (κ3) is 5.21. The molecular formula is C28H28O2P2. The van der Waals surface area contributed by atoms with E-state index in [0.29, 0.717) is 0 Å². The summed E-state index contributed by atoms with van der Waals surface area (Å²) in [5.74, 6) is 1.95. The highest BCUT2D eigenvalue weighted by Gasteiger charge is 2.23. The number of methoxy groups -OCH3 is 2. The highest BCUT2D eigenvalue weighted by molar-refractivity contribution is 7.76. The number of rotatable bonds is 9. The molecule has 0 fully saturated rings. The van der Waals surface area contributed by atoms with Gasteiger partial charge in [0, 0.05) is 10.6 Å². The van der Waals surface area contributed by atoms with Crippen LogP contribution in [0.2, 0.25) is 0 Å². The van der Waals surface area contributed by atoms with Gasteiger partial charge in [-0.25, -0.2) is 0 Å². The molecule has 0 N–H and O–H groups in total. The van der Waals surface area contributed by atoms with E-state index in [-0.39, 0.29) is 0 Å². The maximum atomic E-state index is 5.76. The lowest BCUT2D eigenvalue weighted by atomic mass is 10.3. The predicted molar refractivity (Wildman–Crippen MR) is 141 cm³/mol. The summed E-state index contributed by atoms with van der Waals surface area (Å²) in [6, 6.07) is 38.7. The van der Waals surface area contributed by atoms with Crippen LogP contribution in [0.4, 0.5) is 0 Å². The summed E-state index contributed by atoms with van der Waals surface area (Å²) in [6.45, 7) is 0. The Labute approximate surface area is 193 Å². The normalized spacial score (nSPS) is 12.7. The molecule has 0 aliphatic rings. The molecule has 4 aromatic rings. The minimum Gasteiger partial charge on any atom is -0.496 e. The van der Waals surface area contributed by atoms with Gasteiger partial charge < -0.3 is 9.47 Å². The molecule has 0 aliphatic carbocycles. The molecule has 4 aromatic carbocycles. The lowest BCUT2D eigenvalue weighted by Gasteiger charge is -2.25. The van der Waals surface area contributed by atoms with Crippen LogP contribution in [0, 0.1) is 0 Å². The van der Waals surface area contributed by atoms with E-state index in [4.69, 9.17) is 9.47 Å². The molecule has 0 radical (unpaired) electrons. The smallest absolute Gasteiger partial charge is 0.126 e. The van der Waals surface area contributed by atoms with Crippen LogP contribution < -0.4 is 30.7 Å². The summed E-state index contributed by atoms with van der Waals surface area (Å²) in [7, 11) is 2.43. The van der Waals surface area contributed by atoms with Gasteiger partial charge in [0.1, 0.15) is 11.5 Å². The van der Waals surface area contributed by atoms with E-state index in [1.165, 1.54) is 21.2 Å². The van der Waals surface area contributed by atoms with Gasteiger partial charge in [-0.15, -0.1) is 0 Å². The molecule has 4 heteroatoms. The summed E-state index contributed by atoms with van der Waals surface area (Å²) in [6.07, 6.45) is 2.16. The standard InChI is InChI=1S/C28H28O2P2/c1-29-25-17-9-11-19-27(25)31(23-13-5-3-6-14-23)21-22-32(24-15-7-4-8-16-24)28-20-12-10-18-26(28)30-2/h3-20H,21-22H2,1-2H3/t31-,32-/m1/s1. The maximum Gasteiger partial charge on any atom is 0.126 e. The van der Waals surface area contributed by atoms with Gasteiger partial charge in [-0.3, -0.25) is 0 Å². The van der Waals surface area contributed by atoms with Gasteiger partial charge in [0.2, 0.25) is 0 Å². The summed E-state index contributed by atoms with van der Waals surface area (Å²) in [4.78, 5) is 0. The topological polar surface area (TPSA) is 18.5 Å². The van der Waals surface area contributed by atoms with Crippen LogP contribution in [0.25, 0.3) is 0 Å². The minimum absolute atomic E-state index is 0.554. The number of para-hydroxylation sites is 2. The number of hydrogen-bond donors (Lipinski definition) is 0. The first-order valence-electron chi connectivity index (χ1n) is 10.7. The van der Waals surface area contributed by atoms with Gasteiger partial charge in [0.15, 0.2) is 0 Å². The third-order valence-electron chi connectivity index (χ3n) is 5.43. The van der Waals surface area contributed by atoms with Gasteiger partial charge in [-0.1, -0.05) is 97.1 Å². The van der Waals surface area contributed by atoms with Crippen LogP contribution in [0.15, 0.2) is 109 Å². The second kappa shape index (κ2) is 11.3. The Morgan fingerprint density at radius 2 is 0.812 bits per heavy atom. The van der Waals surface area contributed by atoms with Crippen LogP contribution in [-0.2, 0) is 0 Å². The van der Waals surface area contributed by atoms with Crippen molar-refractivity contribution in [1.29, 1.82) is 0 Å². The fourth-order valence-electron chi connectivity index (χ4n) is 3.90. The van der Waals surface area contributed by atoms with Crippen LogP contribution in [0.3, 0.4) is 0 Å². The second-order valence-electron chi connectivity index (χ2n) is 7.32. The summed E-state index contributed by atoms with van der Waals surface area (Å²) in [5.41, 5.74) is 0. The molecule has 0 bridgehead atoms. The predicted octanol–water partition coefficient (Wildman–Crippen LogP) is 5.27. The van der Waals surface area contributed by atoms with Crippen molar-refractivity contribution in [3.8, 4) is 11.5 Å². The lowest BCUT2D eigenvalue weighted by Crippen LogP contribution is -2.21. The van der Waals surface area contributed by atoms with E-state index < -0.39 is 15.8 Å². The molecule has 0 heterocycles. The zero-order valence-corrected chi connectivity index (χ0v) is 20.3. The van der Waals surface area contributed by atoms with Crippen molar-refractivity contribution < 1.29 is 9.47 Å². The van der Waals surface area contributed by atoms with Gasteiger partial charge in [0.05, 0.1) is 14.2 Å². The molecule has 162 valence electrons. The first kappa shape index (κ1) is 22.5. The Kier molecular flexibility index (Phi) is 7.94. The summed E-state index contributed by atoms with van der Waals surface area (Å²) in [5, 5.41) is 5.38. The second-order valence-corrected chi connectivity index (χ2v) is 11.9.